The Balaban J connectivity index is 2.69. The van der Waals surface area contributed by atoms with Crippen LogP contribution < -0.4 is 0 Å². The number of rotatable bonds is 5. The molecule has 17 heavy (non-hydrogen) atoms. The molecule has 0 amide bonds. The van der Waals surface area contributed by atoms with E-state index in [9.17, 15) is 5.11 Å². The van der Waals surface area contributed by atoms with Crippen molar-refractivity contribution in [2.75, 3.05) is 0 Å². The lowest BCUT2D eigenvalue weighted by atomic mass is 9.90. The second-order valence-electron chi connectivity index (χ2n) is 5.49. The van der Waals surface area contributed by atoms with Gasteiger partial charge in [-0.05, 0) is 54.9 Å². The van der Waals surface area contributed by atoms with Crippen LogP contribution in [0.1, 0.15) is 50.8 Å². The topological polar surface area (TPSA) is 20.2 Å². The van der Waals surface area contributed by atoms with Crippen molar-refractivity contribution in [3.63, 3.8) is 0 Å². The van der Waals surface area contributed by atoms with E-state index in [0.717, 1.165) is 24.0 Å². The molecule has 1 aromatic carbocycles. The zero-order valence-corrected chi connectivity index (χ0v) is 12.0. The summed E-state index contributed by atoms with van der Waals surface area (Å²) in [4.78, 5) is 0. The second kappa shape index (κ2) is 6.42. The Labute approximate surface area is 110 Å². The normalized spacial score (nSPS) is 15.0. The molecule has 0 fully saturated rings. The van der Waals surface area contributed by atoms with Gasteiger partial charge in [-0.25, -0.2) is 0 Å². The zero-order chi connectivity index (χ0) is 13.0. The summed E-state index contributed by atoms with van der Waals surface area (Å²) in [5.74, 6) is 1.21. The number of hydrogen-bond donors (Lipinski definition) is 1. The summed E-state index contributed by atoms with van der Waals surface area (Å²) < 4.78 is 0. The molecule has 2 atom stereocenters. The van der Waals surface area contributed by atoms with Gasteiger partial charge < -0.3 is 5.11 Å². The molecule has 1 nitrogen and oxygen atoms in total. The Bertz CT molecular complexity index is 360. The van der Waals surface area contributed by atoms with E-state index in [1.165, 1.54) is 0 Å². The Morgan fingerprint density at radius 1 is 1.18 bits per heavy atom. The van der Waals surface area contributed by atoms with Crippen LogP contribution in [0.15, 0.2) is 18.2 Å². The number of aryl methyl sites for hydroxylation is 1. The summed E-state index contributed by atoms with van der Waals surface area (Å²) in [5, 5.41) is 10.9. The maximum absolute atomic E-state index is 10.3. The minimum absolute atomic E-state index is 0.401. The highest BCUT2D eigenvalue weighted by Gasteiger charge is 2.15. The standard InChI is InChI=1S/C15H23ClO/c1-10(2)7-11(3)8-15(17)14-9-13(16)6-5-12(14)4/h5-6,9-11,15,17H,7-8H2,1-4H3. The second-order valence-corrected chi connectivity index (χ2v) is 5.92. The van der Waals surface area contributed by atoms with E-state index in [2.05, 4.69) is 20.8 Å². The molecule has 0 aliphatic carbocycles. The molecule has 1 aromatic rings. The number of aliphatic hydroxyl groups is 1. The Morgan fingerprint density at radius 3 is 2.41 bits per heavy atom. The third-order valence-corrected chi connectivity index (χ3v) is 3.33. The molecule has 1 N–H and O–H groups in total. The highest BCUT2D eigenvalue weighted by atomic mass is 35.5. The van der Waals surface area contributed by atoms with Crippen molar-refractivity contribution in [2.45, 2.75) is 46.6 Å². The molecule has 0 radical (unpaired) electrons. The van der Waals surface area contributed by atoms with Crippen LogP contribution in [0.2, 0.25) is 5.02 Å². The molecule has 0 aromatic heterocycles. The molecule has 2 unspecified atom stereocenters. The van der Waals surface area contributed by atoms with Gasteiger partial charge in [0.1, 0.15) is 0 Å². The predicted molar refractivity (Wildman–Crippen MR) is 74.4 cm³/mol. The van der Waals surface area contributed by atoms with Gasteiger partial charge in [0.2, 0.25) is 0 Å². The molecule has 1 rings (SSSR count). The van der Waals surface area contributed by atoms with E-state index in [-0.39, 0.29) is 0 Å². The van der Waals surface area contributed by atoms with Crippen molar-refractivity contribution in [3.8, 4) is 0 Å². The monoisotopic (exact) mass is 254 g/mol. The van der Waals surface area contributed by atoms with E-state index in [1.807, 2.05) is 25.1 Å². The highest BCUT2D eigenvalue weighted by Crippen LogP contribution is 2.28. The van der Waals surface area contributed by atoms with Gasteiger partial charge in [0.05, 0.1) is 6.10 Å². The van der Waals surface area contributed by atoms with E-state index < -0.39 is 6.10 Å². The van der Waals surface area contributed by atoms with Crippen LogP contribution in [0.5, 0.6) is 0 Å². The summed E-state index contributed by atoms with van der Waals surface area (Å²) in [5.41, 5.74) is 2.08. The van der Waals surface area contributed by atoms with E-state index >= 15 is 0 Å². The molecule has 0 bridgehead atoms. The van der Waals surface area contributed by atoms with Crippen molar-refractivity contribution in [1.29, 1.82) is 0 Å². The van der Waals surface area contributed by atoms with Crippen molar-refractivity contribution in [2.24, 2.45) is 11.8 Å². The molecule has 96 valence electrons. The van der Waals surface area contributed by atoms with Crippen LogP contribution in [0, 0.1) is 18.8 Å². The van der Waals surface area contributed by atoms with Crippen LogP contribution in [-0.2, 0) is 0 Å². The lowest BCUT2D eigenvalue weighted by molar-refractivity contribution is 0.141. The van der Waals surface area contributed by atoms with Gasteiger partial charge in [0.25, 0.3) is 0 Å². The summed E-state index contributed by atoms with van der Waals surface area (Å²) in [6, 6.07) is 5.71. The van der Waals surface area contributed by atoms with Crippen LogP contribution in [0.4, 0.5) is 0 Å². The first kappa shape index (κ1) is 14.5. The van der Waals surface area contributed by atoms with E-state index in [1.54, 1.807) is 0 Å². The summed E-state index contributed by atoms with van der Waals surface area (Å²) in [7, 11) is 0. The number of hydrogen-bond acceptors (Lipinski definition) is 1. The summed E-state index contributed by atoms with van der Waals surface area (Å²) in [6.07, 6.45) is 1.55. The Morgan fingerprint density at radius 2 is 1.82 bits per heavy atom. The summed E-state index contributed by atoms with van der Waals surface area (Å²) >= 11 is 5.97. The Hall–Kier alpha value is -0.530. The smallest absolute Gasteiger partial charge is 0.0795 e. The third kappa shape index (κ3) is 4.69. The molecule has 0 saturated heterocycles. The first-order valence-electron chi connectivity index (χ1n) is 6.34. The summed E-state index contributed by atoms with van der Waals surface area (Å²) in [6.45, 7) is 8.64. The van der Waals surface area contributed by atoms with Crippen LogP contribution in [-0.4, -0.2) is 5.11 Å². The van der Waals surface area contributed by atoms with Crippen molar-refractivity contribution >= 4 is 11.6 Å². The molecule has 0 heterocycles. The van der Waals surface area contributed by atoms with Crippen LogP contribution >= 0.6 is 11.6 Å². The van der Waals surface area contributed by atoms with Gasteiger partial charge in [-0.2, -0.15) is 0 Å². The van der Waals surface area contributed by atoms with Gasteiger partial charge >= 0.3 is 0 Å². The van der Waals surface area contributed by atoms with Crippen molar-refractivity contribution < 1.29 is 5.11 Å². The first-order chi connectivity index (χ1) is 7.90. The van der Waals surface area contributed by atoms with Crippen LogP contribution in [0.3, 0.4) is 0 Å². The largest absolute Gasteiger partial charge is 0.388 e. The number of aliphatic hydroxyl groups excluding tert-OH is 1. The Kier molecular flexibility index (Phi) is 5.48. The minimum atomic E-state index is -0.401. The van der Waals surface area contributed by atoms with Crippen molar-refractivity contribution in [1.82, 2.24) is 0 Å². The maximum Gasteiger partial charge on any atom is 0.0795 e. The molecule has 0 spiro atoms. The van der Waals surface area contributed by atoms with Gasteiger partial charge in [-0.15, -0.1) is 0 Å². The SMILES string of the molecule is Cc1ccc(Cl)cc1C(O)CC(C)CC(C)C. The average Bonchev–Trinajstić information content (AvgIpc) is 2.20. The fourth-order valence-corrected chi connectivity index (χ4v) is 2.56. The fourth-order valence-electron chi connectivity index (χ4n) is 2.38. The molecule has 0 aliphatic rings. The maximum atomic E-state index is 10.3. The molecular formula is C15H23ClO. The third-order valence-electron chi connectivity index (χ3n) is 3.10. The van der Waals surface area contributed by atoms with Gasteiger partial charge in [-0.3, -0.25) is 0 Å². The molecular weight excluding hydrogens is 232 g/mol. The molecule has 0 saturated carbocycles. The van der Waals surface area contributed by atoms with Gasteiger partial charge in [-0.1, -0.05) is 38.4 Å². The van der Waals surface area contributed by atoms with E-state index in [4.69, 9.17) is 11.6 Å². The lowest BCUT2D eigenvalue weighted by Gasteiger charge is -2.20. The lowest BCUT2D eigenvalue weighted by Crippen LogP contribution is -2.08. The number of halogens is 1. The quantitative estimate of drug-likeness (QED) is 0.804. The fraction of sp³-hybridized carbons (Fsp3) is 0.600. The molecule has 0 aliphatic heterocycles. The predicted octanol–water partition coefficient (Wildman–Crippen LogP) is 4.75. The average molecular weight is 255 g/mol. The highest BCUT2D eigenvalue weighted by molar-refractivity contribution is 6.30. The van der Waals surface area contributed by atoms with Crippen molar-refractivity contribution in [3.05, 3.63) is 34.3 Å². The first-order valence-corrected chi connectivity index (χ1v) is 6.72. The van der Waals surface area contributed by atoms with Gasteiger partial charge in [0, 0.05) is 5.02 Å². The zero-order valence-electron chi connectivity index (χ0n) is 11.2. The van der Waals surface area contributed by atoms with Gasteiger partial charge in [0.15, 0.2) is 0 Å². The molecule has 2 heteroatoms. The van der Waals surface area contributed by atoms with Crippen LogP contribution in [0.25, 0.3) is 0 Å². The van der Waals surface area contributed by atoms with E-state index in [0.29, 0.717) is 16.9 Å². The minimum Gasteiger partial charge on any atom is -0.388 e. The number of benzene rings is 1.